The van der Waals surface area contributed by atoms with Crippen LogP contribution in [0.5, 0.6) is 0 Å². The summed E-state index contributed by atoms with van der Waals surface area (Å²) in [5.41, 5.74) is -0.201. The number of rotatable bonds is 3. The number of carboxylic acids is 1. The molecule has 0 radical (unpaired) electrons. The maximum atomic E-state index is 12.6. The Morgan fingerprint density at radius 3 is 2.92 bits per heavy atom. The number of para-hydroxylation sites is 1. The number of carboxylic acid groups (broad SMARTS) is 1. The van der Waals surface area contributed by atoms with Gasteiger partial charge in [0.1, 0.15) is 16.8 Å². The van der Waals surface area contributed by atoms with E-state index in [4.69, 9.17) is 9.15 Å². The third-order valence-electron chi connectivity index (χ3n) is 5.25. The summed E-state index contributed by atoms with van der Waals surface area (Å²) in [7, 11) is 0. The summed E-state index contributed by atoms with van der Waals surface area (Å²) in [5, 5.41) is 10.6. The van der Waals surface area contributed by atoms with Crippen LogP contribution in [0.15, 0.2) is 34.7 Å². The standard InChI is InChI=1S/C18H19NO5/c20-16(8-14-7-12-3-1-2-4-15(12)24-14)19-9-13-5-6-23-11-18(13,10-19)17(21)22/h1-4,7,13H,5-6,8-11H2,(H,21,22)/t13-,18+/m1/s1. The number of carbonyl (C=O) groups is 2. The van der Waals surface area contributed by atoms with Crippen LogP contribution in [0.1, 0.15) is 12.2 Å². The fourth-order valence-corrected chi connectivity index (χ4v) is 3.86. The molecule has 0 bridgehead atoms. The second-order valence-corrected chi connectivity index (χ2v) is 6.70. The van der Waals surface area contributed by atoms with Gasteiger partial charge in [0.25, 0.3) is 0 Å². The van der Waals surface area contributed by atoms with Crippen molar-refractivity contribution in [3.8, 4) is 0 Å². The molecule has 1 aromatic heterocycles. The predicted molar refractivity (Wildman–Crippen MR) is 85.5 cm³/mol. The molecule has 0 saturated carbocycles. The van der Waals surface area contributed by atoms with Crippen LogP contribution in [0.4, 0.5) is 0 Å². The Kier molecular flexibility index (Phi) is 3.57. The minimum Gasteiger partial charge on any atom is -0.481 e. The Bertz CT molecular complexity index is 765. The van der Waals surface area contributed by atoms with Crippen molar-refractivity contribution >= 4 is 22.8 Å². The zero-order chi connectivity index (χ0) is 16.7. The normalized spacial score (nSPS) is 26.5. The third-order valence-corrected chi connectivity index (χ3v) is 5.25. The van der Waals surface area contributed by atoms with Crippen LogP contribution in [0, 0.1) is 11.3 Å². The van der Waals surface area contributed by atoms with E-state index in [1.54, 1.807) is 4.90 Å². The highest BCUT2D eigenvalue weighted by Gasteiger charge is 2.55. The van der Waals surface area contributed by atoms with E-state index in [1.165, 1.54) is 0 Å². The number of nitrogens with zero attached hydrogens (tertiary/aromatic N) is 1. The number of hydrogen-bond acceptors (Lipinski definition) is 4. The Labute approximate surface area is 139 Å². The average Bonchev–Trinajstić information content (AvgIpc) is 3.16. The Morgan fingerprint density at radius 2 is 2.17 bits per heavy atom. The molecular formula is C18H19NO5. The summed E-state index contributed by atoms with van der Waals surface area (Å²) in [6.45, 7) is 1.44. The molecule has 2 aliphatic rings. The summed E-state index contributed by atoms with van der Waals surface area (Å²) >= 11 is 0. The summed E-state index contributed by atoms with van der Waals surface area (Å²) < 4.78 is 11.1. The quantitative estimate of drug-likeness (QED) is 0.930. The molecule has 2 aromatic rings. The topological polar surface area (TPSA) is 80.0 Å². The van der Waals surface area contributed by atoms with E-state index in [2.05, 4.69) is 0 Å². The van der Waals surface area contributed by atoms with Gasteiger partial charge in [-0.15, -0.1) is 0 Å². The van der Waals surface area contributed by atoms with Gasteiger partial charge in [-0.3, -0.25) is 9.59 Å². The Hall–Kier alpha value is -2.34. The van der Waals surface area contributed by atoms with Crippen molar-refractivity contribution in [2.45, 2.75) is 12.8 Å². The van der Waals surface area contributed by atoms with Gasteiger partial charge in [-0.05, 0) is 24.5 Å². The molecule has 1 aromatic carbocycles. The highest BCUT2D eigenvalue weighted by atomic mass is 16.5. The van der Waals surface area contributed by atoms with Gasteiger partial charge < -0.3 is 19.2 Å². The summed E-state index contributed by atoms with van der Waals surface area (Å²) in [5.74, 6) is -0.393. The molecule has 6 nitrogen and oxygen atoms in total. The minimum atomic E-state index is -0.957. The highest BCUT2D eigenvalue weighted by molar-refractivity contribution is 5.84. The van der Waals surface area contributed by atoms with Crippen LogP contribution in [-0.4, -0.2) is 48.2 Å². The lowest BCUT2D eigenvalue weighted by Gasteiger charge is -2.33. The van der Waals surface area contributed by atoms with Crippen molar-refractivity contribution in [2.75, 3.05) is 26.3 Å². The number of fused-ring (bicyclic) bond motifs is 2. The molecule has 6 heteroatoms. The lowest BCUT2D eigenvalue weighted by Crippen LogP contribution is -2.46. The number of benzene rings is 1. The first-order chi connectivity index (χ1) is 11.6. The fourth-order valence-electron chi connectivity index (χ4n) is 3.86. The molecule has 2 aliphatic heterocycles. The first-order valence-corrected chi connectivity index (χ1v) is 8.15. The van der Waals surface area contributed by atoms with Gasteiger partial charge >= 0.3 is 5.97 Å². The van der Waals surface area contributed by atoms with E-state index in [0.29, 0.717) is 25.3 Å². The van der Waals surface area contributed by atoms with E-state index in [0.717, 1.165) is 11.0 Å². The van der Waals surface area contributed by atoms with Crippen LogP contribution in [0.3, 0.4) is 0 Å². The molecule has 3 heterocycles. The van der Waals surface area contributed by atoms with Gasteiger partial charge in [-0.2, -0.15) is 0 Å². The maximum absolute atomic E-state index is 12.6. The van der Waals surface area contributed by atoms with Crippen LogP contribution < -0.4 is 0 Å². The van der Waals surface area contributed by atoms with Crippen molar-refractivity contribution in [3.05, 3.63) is 36.1 Å². The van der Waals surface area contributed by atoms with Crippen molar-refractivity contribution in [1.29, 1.82) is 0 Å². The Morgan fingerprint density at radius 1 is 1.33 bits per heavy atom. The molecule has 0 aliphatic carbocycles. The van der Waals surface area contributed by atoms with Gasteiger partial charge in [0.15, 0.2) is 0 Å². The van der Waals surface area contributed by atoms with Crippen molar-refractivity contribution in [2.24, 2.45) is 11.3 Å². The van der Waals surface area contributed by atoms with E-state index < -0.39 is 11.4 Å². The monoisotopic (exact) mass is 329 g/mol. The SMILES string of the molecule is O=C(Cc1cc2ccccc2o1)N1C[C@H]2CCOC[C@@]2(C(=O)O)C1. The molecule has 0 spiro atoms. The number of hydrogen-bond donors (Lipinski definition) is 1. The summed E-state index contributed by atoms with van der Waals surface area (Å²) in [4.78, 5) is 26.1. The first-order valence-electron chi connectivity index (χ1n) is 8.15. The van der Waals surface area contributed by atoms with Crippen LogP contribution in [0.2, 0.25) is 0 Å². The molecule has 0 unspecified atom stereocenters. The number of aliphatic carboxylic acids is 1. The molecule has 126 valence electrons. The van der Waals surface area contributed by atoms with Gasteiger partial charge in [-0.25, -0.2) is 0 Å². The van der Waals surface area contributed by atoms with Crippen molar-refractivity contribution in [1.82, 2.24) is 4.90 Å². The van der Waals surface area contributed by atoms with Crippen molar-refractivity contribution in [3.63, 3.8) is 0 Å². The van der Waals surface area contributed by atoms with Gasteiger partial charge in [0.05, 0.1) is 13.0 Å². The zero-order valence-electron chi connectivity index (χ0n) is 13.2. The average molecular weight is 329 g/mol. The van der Waals surface area contributed by atoms with Gasteiger partial charge in [0.2, 0.25) is 5.91 Å². The van der Waals surface area contributed by atoms with Crippen LogP contribution >= 0.6 is 0 Å². The molecule has 2 fully saturated rings. The number of carbonyl (C=O) groups excluding carboxylic acids is 1. The fraction of sp³-hybridized carbons (Fsp3) is 0.444. The number of ether oxygens (including phenoxy) is 1. The molecule has 1 amide bonds. The third kappa shape index (κ3) is 2.38. The van der Waals surface area contributed by atoms with Crippen molar-refractivity contribution < 1.29 is 23.8 Å². The smallest absolute Gasteiger partial charge is 0.314 e. The maximum Gasteiger partial charge on any atom is 0.314 e. The zero-order valence-corrected chi connectivity index (χ0v) is 13.2. The van der Waals surface area contributed by atoms with Gasteiger partial charge in [0, 0.05) is 25.1 Å². The van der Waals surface area contributed by atoms with Crippen LogP contribution in [0.25, 0.3) is 11.0 Å². The van der Waals surface area contributed by atoms with E-state index in [-0.39, 0.29) is 31.4 Å². The highest BCUT2D eigenvalue weighted by Crippen LogP contribution is 2.41. The number of furan rings is 1. The summed E-state index contributed by atoms with van der Waals surface area (Å²) in [6.07, 6.45) is 0.832. The largest absolute Gasteiger partial charge is 0.481 e. The predicted octanol–water partition coefficient (Wildman–Crippen LogP) is 1.93. The second kappa shape index (κ2) is 5.63. The molecule has 2 saturated heterocycles. The molecule has 4 rings (SSSR count). The lowest BCUT2D eigenvalue weighted by molar-refractivity contribution is -0.159. The Balaban J connectivity index is 1.51. The molecule has 1 N–H and O–H groups in total. The molecule has 24 heavy (non-hydrogen) atoms. The van der Waals surface area contributed by atoms with E-state index in [9.17, 15) is 14.7 Å². The summed E-state index contributed by atoms with van der Waals surface area (Å²) in [6, 6.07) is 9.48. The van der Waals surface area contributed by atoms with Crippen LogP contribution in [-0.2, 0) is 20.7 Å². The number of likely N-dealkylation sites (tertiary alicyclic amines) is 1. The molecular weight excluding hydrogens is 310 g/mol. The minimum absolute atomic E-state index is 0.0385. The second-order valence-electron chi connectivity index (χ2n) is 6.70. The van der Waals surface area contributed by atoms with E-state index >= 15 is 0 Å². The van der Waals surface area contributed by atoms with E-state index in [1.807, 2.05) is 30.3 Å². The first kappa shape index (κ1) is 15.2. The number of amides is 1. The van der Waals surface area contributed by atoms with Gasteiger partial charge in [-0.1, -0.05) is 18.2 Å². The lowest BCUT2D eigenvalue weighted by atomic mass is 9.76. The molecule has 2 atom stereocenters.